The van der Waals surface area contributed by atoms with E-state index in [-0.39, 0.29) is 51.8 Å². The number of ketones is 2. The Morgan fingerprint density at radius 3 is 1.97 bits per heavy atom. The van der Waals surface area contributed by atoms with E-state index in [1.807, 2.05) is 0 Å². The number of ether oxygens (including phenoxy) is 2. The second kappa shape index (κ2) is 9.41. The Hall–Kier alpha value is -2.73. The van der Waals surface area contributed by atoms with Crippen molar-refractivity contribution in [1.82, 2.24) is 0 Å². The summed E-state index contributed by atoms with van der Waals surface area (Å²) in [6, 6.07) is 8.08. The van der Waals surface area contributed by atoms with Crippen LogP contribution in [0.5, 0.6) is 11.5 Å². The lowest BCUT2D eigenvalue weighted by atomic mass is 9.82. The minimum Gasteiger partial charge on any atom is -0.496 e. The Morgan fingerprint density at radius 2 is 1.41 bits per heavy atom. The number of rotatable bonds is 8. The van der Waals surface area contributed by atoms with E-state index in [2.05, 4.69) is 0 Å². The maximum absolute atomic E-state index is 13.3. The van der Waals surface area contributed by atoms with Gasteiger partial charge in [-0.2, -0.15) is 0 Å². The first-order valence-corrected chi connectivity index (χ1v) is 11.9. The van der Waals surface area contributed by atoms with Gasteiger partial charge in [-0.1, -0.05) is 12.1 Å². The van der Waals surface area contributed by atoms with Crippen molar-refractivity contribution in [3.63, 3.8) is 0 Å². The molecule has 0 atom stereocenters. The van der Waals surface area contributed by atoms with Crippen molar-refractivity contribution in [2.45, 2.75) is 39.9 Å². The number of carbonyl (C=O) groups excluding carboxylic acids is 2. The summed E-state index contributed by atoms with van der Waals surface area (Å²) in [5.74, 6) is 1.26. The summed E-state index contributed by atoms with van der Waals surface area (Å²) in [4.78, 5) is 26.5. The number of methoxy groups -OCH3 is 2. The monoisotopic (exact) mass is 458 g/mol. The highest BCUT2D eigenvalue weighted by molar-refractivity contribution is 7.57. The molecule has 0 N–H and O–H groups in total. The summed E-state index contributed by atoms with van der Waals surface area (Å²) in [6.07, 6.45) is 0.925. The van der Waals surface area contributed by atoms with Gasteiger partial charge in [0.15, 0.2) is 5.78 Å². The van der Waals surface area contributed by atoms with E-state index in [9.17, 15) is 14.2 Å². The van der Waals surface area contributed by atoms with Gasteiger partial charge in [0.05, 0.1) is 37.6 Å². The van der Waals surface area contributed by atoms with Gasteiger partial charge in [-0.15, -0.1) is 0 Å². The summed E-state index contributed by atoms with van der Waals surface area (Å²) >= 11 is 0. The topological polar surface area (TPSA) is 88.1 Å². The summed E-state index contributed by atoms with van der Waals surface area (Å²) < 4.78 is 34.9. The van der Waals surface area contributed by atoms with Crippen molar-refractivity contribution < 1.29 is 32.7 Å². The molecule has 0 fully saturated rings. The fourth-order valence-electron chi connectivity index (χ4n) is 3.56. The van der Waals surface area contributed by atoms with E-state index in [0.29, 0.717) is 11.3 Å². The Kier molecular flexibility index (Phi) is 7.03. The lowest BCUT2D eigenvalue weighted by Crippen LogP contribution is -2.22. The first-order valence-electron chi connectivity index (χ1n) is 10.2. The Balaban J connectivity index is 2.10. The molecule has 2 aromatic rings. The average molecular weight is 458 g/mol. The van der Waals surface area contributed by atoms with Gasteiger partial charge in [0.2, 0.25) is 5.78 Å². The van der Waals surface area contributed by atoms with E-state index in [4.69, 9.17) is 18.5 Å². The molecule has 7 nitrogen and oxygen atoms in total. The quantitative estimate of drug-likeness (QED) is 0.412. The van der Waals surface area contributed by atoms with E-state index in [0.717, 1.165) is 0 Å². The summed E-state index contributed by atoms with van der Waals surface area (Å²) in [6.45, 7) is 7.06. The van der Waals surface area contributed by atoms with Crippen LogP contribution in [0.3, 0.4) is 0 Å². The minimum absolute atomic E-state index is 0.173. The van der Waals surface area contributed by atoms with Crippen molar-refractivity contribution in [3.8, 4) is 11.5 Å². The van der Waals surface area contributed by atoms with Gasteiger partial charge in [0.25, 0.3) is 0 Å². The molecule has 0 unspecified atom stereocenters. The van der Waals surface area contributed by atoms with Gasteiger partial charge in [-0.05, 0) is 57.5 Å². The molecule has 170 valence electrons. The normalized spacial score (nSPS) is 13.6. The standard InChI is InChI=1S/C24H27O7P/c1-14(2)30-32(27,31-15(3)4)11-10-16-12-18-22(20(13-16)29-6)24(26)21-17(23(18)25)8-7-9-19(21)28-5/h7-15H,1-6H3. The zero-order valence-corrected chi connectivity index (χ0v) is 19.9. The van der Waals surface area contributed by atoms with Crippen molar-refractivity contribution >= 4 is 25.2 Å². The lowest BCUT2D eigenvalue weighted by Gasteiger charge is -2.22. The van der Waals surface area contributed by atoms with Gasteiger partial charge < -0.3 is 18.5 Å². The molecule has 2 aromatic carbocycles. The van der Waals surface area contributed by atoms with Crippen LogP contribution in [0.25, 0.3) is 6.08 Å². The molecule has 8 heteroatoms. The largest absolute Gasteiger partial charge is 0.496 e. The molecule has 0 bridgehead atoms. The van der Waals surface area contributed by atoms with Gasteiger partial charge in [-0.25, -0.2) is 0 Å². The number of hydrogen-bond acceptors (Lipinski definition) is 7. The van der Waals surface area contributed by atoms with Crippen LogP contribution >= 0.6 is 7.60 Å². The van der Waals surface area contributed by atoms with E-state index < -0.39 is 7.60 Å². The third kappa shape index (κ3) is 4.70. The van der Waals surface area contributed by atoms with Crippen LogP contribution in [-0.4, -0.2) is 38.0 Å². The molecule has 3 rings (SSSR count). The average Bonchev–Trinajstić information content (AvgIpc) is 2.73. The van der Waals surface area contributed by atoms with E-state index in [1.165, 1.54) is 20.0 Å². The van der Waals surface area contributed by atoms with Crippen LogP contribution in [0.1, 0.15) is 65.1 Å². The second-order valence-electron chi connectivity index (χ2n) is 7.85. The Morgan fingerprint density at radius 1 is 0.812 bits per heavy atom. The highest BCUT2D eigenvalue weighted by Crippen LogP contribution is 2.52. The second-order valence-corrected chi connectivity index (χ2v) is 9.65. The lowest BCUT2D eigenvalue weighted by molar-refractivity contribution is 0.0974. The fraction of sp³-hybridized carbons (Fsp3) is 0.333. The smallest absolute Gasteiger partial charge is 0.354 e. The van der Waals surface area contributed by atoms with Crippen LogP contribution < -0.4 is 9.47 Å². The SMILES string of the molecule is COc1cccc2c1C(=O)c1c(OC)cc(C=CP(=O)(OC(C)C)OC(C)C)cc1C2=O. The Labute approximate surface area is 187 Å². The number of hydrogen-bond donors (Lipinski definition) is 0. The van der Waals surface area contributed by atoms with Crippen LogP contribution in [0.4, 0.5) is 0 Å². The predicted octanol–water partition coefficient (Wildman–Crippen LogP) is 5.49. The fourth-order valence-corrected chi connectivity index (χ4v) is 5.28. The number of carbonyl (C=O) groups is 2. The third-order valence-corrected chi connectivity index (χ3v) is 6.64. The first-order chi connectivity index (χ1) is 15.1. The zero-order valence-electron chi connectivity index (χ0n) is 19.0. The first kappa shape index (κ1) is 23.9. The molecule has 0 saturated carbocycles. The molecular weight excluding hydrogens is 431 g/mol. The summed E-state index contributed by atoms with van der Waals surface area (Å²) in [5.41, 5.74) is 1.38. The van der Waals surface area contributed by atoms with Gasteiger partial charge in [0.1, 0.15) is 11.5 Å². The molecule has 0 saturated heterocycles. The summed E-state index contributed by atoms with van der Waals surface area (Å²) in [5, 5.41) is 0. The van der Waals surface area contributed by atoms with E-state index >= 15 is 0 Å². The zero-order chi connectivity index (χ0) is 23.6. The van der Waals surface area contributed by atoms with Crippen LogP contribution in [-0.2, 0) is 13.6 Å². The molecular formula is C24H27O7P. The third-order valence-electron chi connectivity index (χ3n) is 4.70. The van der Waals surface area contributed by atoms with Crippen molar-refractivity contribution in [3.05, 3.63) is 64.0 Å². The number of benzene rings is 2. The molecule has 0 amide bonds. The molecule has 0 radical (unpaired) electrons. The van der Waals surface area contributed by atoms with Crippen LogP contribution in [0, 0.1) is 0 Å². The van der Waals surface area contributed by atoms with Crippen molar-refractivity contribution in [1.29, 1.82) is 0 Å². The molecule has 0 aliphatic heterocycles. The van der Waals surface area contributed by atoms with Crippen LogP contribution in [0.2, 0.25) is 0 Å². The highest BCUT2D eigenvalue weighted by Gasteiger charge is 2.35. The van der Waals surface area contributed by atoms with Crippen molar-refractivity contribution in [2.75, 3.05) is 14.2 Å². The van der Waals surface area contributed by atoms with Gasteiger partial charge >= 0.3 is 7.60 Å². The Bertz CT molecular complexity index is 1120. The van der Waals surface area contributed by atoms with E-state index in [1.54, 1.807) is 64.1 Å². The van der Waals surface area contributed by atoms with Crippen LogP contribution in [0.15, 0.2) is 36.1 Å². The maximum atomic E-state index is 13.3. The summed E-state index contributed by atoms with van der Waals surface area (Å²) in [7, 11) is -0.657. The molecule has 0 aromatic heterocycles. The molecule has 1 aliphatic carbocycles. The maximum Gasteiger partial charge on any atom is 0.354 e. The van der Waals surface area contributed by atoms with Gasteiger partial charge in [-0.3, -0.25) is 14.2 Å². The number of fused-ring (bicyclic) bond motifs is 2. The predicted molar refractivity (Wildman–Crippen MR) is 122 cm³/mol. The minimum atomic E-state index is -3.53. The molecule has 1 aliphatic rings. The highest BCUT2D eigenvalue weighted by atomic mass is 31.2. The van der Waals surface area contributed by atoms with Crippen molar-refractivity contribution in [2.24, 2.45) is 0 Å². The van der Waals surface area contributed by atoms with Gasteiger partial charge in [0, 0.05) is 16.9 Å². The molecule has 0 spiro atoms. The molecule has 32 heavy (non-hydrogen) atoms. The molecule has 0 heterocycles.